The fourth-order valence-electron chi connectivity index (χ4n) is 4.00. The van der Waals surface area contributed by atoms with Crippen LogP contribution < -0.4 is 4.74 Å². The van der Waals surface area contributed by atoms with Crippen LogP contribution in [0, 0.1) is 0 Å². The summed E-state index contributed by atoms with van der Waals surface area (Å²) in [6.07, 6.45) is 25.1. The first-order chi connectivity index (χ1) is 14.7. The molecule has 0 radical (unpaired) electrons. The molecule has 0 heterocycles. The third kappa shape index (κ3) is 15.5. The van der Waals surface area contributed by atoms with Crippen LogP contribution >= 0.6 is 0 Å². The molecule has 0 aromatic heterocycles. The number of hydrogen-bond donors (Lipinski definition) is 0. The largest absolute Gasteiger partial charge is 0.494 e. The number of unbranched alkanes of at least 4 members (excludes halogenated alkanes) is 17. The molecule has 1 aromatic rings. The van der Waals surface area contributed by atoms with Gasteiger partial charge in [0, 0.05) is 5.56 Å². The zero-order valence-electron chi connectivity index (χ0n) is 20.1. The molecule has 0 aliphatic carbocycles. The number of carbonyl (C=O) groups excluding carboxylic acids is 1. The number of ether oxygens (including phenoxy) is 1. The van der Waals surface area contributed by atoms with Crippen molar-refractivity contribution in [1.82, 2.24) is 0 Å². The van der Waals surface area contributed by atoms with Crippen LogP contribution in [-0.2, 0) is 0 Å². The summed E-state index contributed by atoms with van der Waals surface area (Å²) in [4.78, 5) is 11.4. The summed E-state index contributed by atoms with van der Waals surface area (Å²) < 4.78 is 5.77. The predicted molar refractivity (Wildman–Crippen MR) is 131 cm³/mol. The predicted octanol–water partition coefficient (Wildman–Crippen LogP) is 9.31. The summed E-state index contributed by atoms with van der Waals surface area (Å²) in [5.41, 5.74) is 0.727. The second-order valence-electron chi connectivity index (χ2n) is 8.94. The van der Waals surface area contributed by atoms with Crippen LogP contribution in [0.15, 0.2) is 24.3 Å². The monoisotopic (exact) mass is 416 g/mol. The molecule has 0 aliphatic heterocycles. The molecule has 172 valence electrons. The minimum absolute atomic E-state index is 0.0913. The average molecular weight is 417 g/mol. The van der Waals surface area contributed by atoms with Crippen molar-refractivity contribution < 1.29 is 9.53 Å². The third-order valence-electron chi connectivity index (χ3n) is 6.01. The molecule has 2 nitrogen and oxygen atoms in total. The van der Waals surface area contributed by atoms with Gasteiger partial charge in [0.25, 0.3) is 0 Å². The summed E-state index contributed by atoms with van der Waals surface area (Å²) in [5, 5.41) is 0. The van der Waals surface area contributed by atoms with Crippen molar-refractivity contribution in [2.75, 3.05) is 6.61 Å². The SMILES string of the molecule is CCCCCCCCCCCCCCCCCCCCOc1cccc(C(C)=O)c1. The minimum Gasteiger partial charge on any atom is -0.494 e. The van der Waals surface area contributed by atoms with Crippen LogP contribution in [0.25, 0.3) is 0 Å². The topological polar surface area (TPSA) is 26.3 Å². The van der Waals surface area contributed by atoms with Crippen molar-refractivity contribution in [2.45, 2.75) is 129 Å². The number of Topliss-reactive ketones (excluding diaryl/α,β-unsaturated/α-hetero) is 1. The Balaban J connectivity index is 1.78. The van der Waals surface area contributed by atoms with Crippen LogP contribution in [0.5, 0.6) is 5.75 Å². The minimum atomic E-state index is 0.0913. The van der Waals surface area contributed by atoms with Gasteiger partial charge in [-0.1, -0.05) is 128 Å². The van der Waals surface area contributed by atoms with Crippen LogP contribution in [0.2, 0.25) is 0 Å². The first-order valence-electron chi connectivity index (χ1n) is 13.0. The zero-order valence-corrected chi connectivity index (χ0v) is 20.1. The van der Waals surface area contributed by atoms with Gasteiger partial charge in [0.15, 0.2) is 5.78 Å². The van der Waals surface area contributed by atoms with Crippen molar-refractivity contribution in [3.05, 3.63) is 29.8 Å². The van der Waals surface area contributed by atoms with Gasteiger partial charge in [0.2, 0.25) is 0 Å². The van der Waals surface area contributed by atoms with Crippen molar-refractivity contribution in [1.29, 1.82) is 0 Å². The maximum absolute atomic E-state index is 11.4. The van der Waals surface area contributed by atoms with E-state index in [4.69, 9.17) is 4.74 Å². The van der Waals surface area contributed by atoms with Gasteiger partial charge < -0.3 is 4.74 Å². The first kappa shape index (κ1) is 26.7. The highest BCUT2D eigenvalue weighted by atomic mass is 16.5. The Labute approximate surface area is 187 Å². The number of rotatable bonds is 21. The van der Waals surface area contributed by atoms with E-state index in [2.05, 4.69) is 6.92 Å². The Kier molecular flexibility index (Phi) is 17.5. The molecule has 0 spiro atoms. The third-order valence-corrected chi connectivity index (χ3v) is 6.01. The fourth-order valence-corrected chi connectivity index (χ4v) is 4.00. The van der Waals surface area contributed by atoms with Gasteiger partial charge in [0.05, 0.1) is 6.61 Å². The molecule has 1 rings (SSSR count). The van der Waals surface area contributed by atoms with E-state index in [0.29, 0.717) is 0 Å². The first-order valence-corrected chi connectivity index (χ1v) is 13.0. The second kappa shape index (κ2) is 19.6. The van der Waals surface area contributed by atoms with E-state index < -0.39 is 0 Å². The summed E-state index contributed by atoms with van der Waals surface area (Å²) in [6, 6.07) is 7.51. The van der Waals surface area contributed by atoms with E-state index in [-0.39, 0.29) is 5.78 Å². The van der Waals surface area contributed by atoms with E-state index in [1.165, 1.54) is 109 Å². The quantitative estimate of drug-likeness (QED) is 0.147. The summed E-state index contributed by atoms with van der Waals surface area (Å²) in [7, 11) is 0. The van der Waals surface area contributed by atoms with Crippen molar-refractivity contribution in [3.63, 3.8) is 0 Å². The van der Waals surface area contributed by atoms with Crippen molar-refractivity contribution in [3.8, 4) is 5.75 Å². The lowest BCUT2D eigenvalue weighted by atomic mass is 10.0. The van der Waals surface area contributed by atoms with E-state index >= 15 is 0 Å². The lowest BCUT2D eigenvalue weighted by Gasteiger charge is -2.07. The van der Waals surface area contributed by atoms with Crippen LogP contribution in [0.1, 0.15) is 140 Å². The van der Waals surface area contributed by atoms with E-state index in [9.17, 15) is 4.79 Å². The summed E-state index contributed by atoms with van der Waals surface area (Å²) >= 11 is 0. The zero-order chi connectivity index (χ0) is 21.7. The molecular weight excluding hydrogens is 368 g/mol. The fraction of sp³-hybridized carbons (Fsp3) is 0.750. The van der Waals surface area contributed by atoms with Gasteiger partial charge in [0.1, 0.15) is 5.75 Å². The van der Waals surface area contributed by atoms with Gasteiger partial charge in [-0.15, -0.1) is 0 Å². The molecular formula is C28H48O2. The molecule has 0 atom stereocenters. The van der Waals surface area contributed by atoms with Gasteiger partial charge in [-0.25, -0.2) is 0 Å². The van der Waals surface area contributed by atoms with Gasteiger partial charge in [-0.05, 0) is 25.5 Å². The lowest BCUT2D eigenvalue weighted by molar-refractivity contribution is 0.101. The van der Waals surface area contributed by atoms with Gasteiger partial charge in [-0.3, -0.25) is 4.79 Å². The van der Waals surface area contributed by atoms with Crippen molar-refractivity contribution >= 4 is 5.78 Å². The number of hydrogen-bond acceptors (Lipinski definition) is 2. The molecule has 0 unspecified atom stereocenters. The maximum atomic E-state index is 11.4. The molecule has 0 fully saturated rings. The summed E-state index contributed by atoms with van der Waals surface area (Å²) in [5.74, 6) is 0.906. The molecule has 0 saturated heterocycles. The molecule has 0 saturated carbocycles. The standard InChI is InChI=1S/C28H48O2/c1-3-4-5-6-7-8-9-10-11-12-13-14-15-16-17-18-19-20-24-30-28-23-21-22-27(25-28)26(2)29/h21-23,25H,3-20,24H2,1-2H3. The molecule has 0 bridgehead atoms. The molecule has 30 heavy (non-hydrogen) atoms. The Bertz CT molecular complexity index is 523. The number of carbonyl (C=O) groups is 1. The molecule has 2 heteroatoms. The highest BCUT2D eigenvalue weighted by Gasteiger charge is 2.01. The normalized spacial score (nSPS) is 11.0. The average Bonchev–Trinajstić information content (AvgIpc) is 2.75. The number of benzene rings is 1. The van der Waals surface area contributed by atoms with Gasteiger partial charge in [-0.2, -0.15) is 0 Å². The highest BCUT2D eigenvalue weighted by molar-refractivity contribution is 5.94. The maximum Gasteiger partial charge on any atom is 0.159 e. The van der Waals surface area contributed by atoms with Crippen LogP contribution in [0.4, 0.5) is 0 Å². The Morgan fingerprint density at radius 3 is 1.53 bits per heavy atom. The smallest absolute Gasteiger partial charge is 0.159 e. The highest BCUT2D eigenvalue weighted by Crippen LogP contribution is 2.16. The van der Waals surface area contributed by atoms with Gasteiger partial charge >= 0.3 is 0 Å². The van der Waals surface area contributed by atoms with E-state index in [1.807, 2.05) is 24.3 Å². The van der Waals surface area contributed by atoms with Crippen LogP contribution in [0.3, 0.4) is 0 Å². The Morgan fingerprint density at radius 1 is 0.667 bits per heavy atom. The molecule has 0 N–H and O–H groups in total. The van der Waals surface area contributed by atoms with E-state index in [1.54, 1.807) is 6.92 Å². The lowest BCUT2D eigenvalue weighted by Crippen LogP contribution is -1.99. The summed E-state index contributed by atoms with van der Waals surface area (Å²) in [6.45, 7) is 4.63. The Morgan fingerprint density at radius 2 is 1.10 bits per heavy atom. The Hall–Kier alpha value is -1.31. The molecule has 0 amide bonds. The van der Waals surface area contributed by atoms with Crippen molar-refractivity contribution in [2.24, 2.45) is 0 Å². The van der Waals surface area contributed by atoms with E-state index in [0.717, 1.165) is 24.3 Å². The number of ketones is 1. The molecule has 0 aliphatic rings. The molecule has 1 aromatic carbocycles. The van der Waals surface area contributed by atoms with Crippen LogP contribution in [-0.4, -0.2) is 12.4 Å². The second-order valence-corrected chi connectivity index (χ2v) is 8.94.